The molecule has 0 bridgehead atoms. The molecular formula is C47H50Cl2N10O8. The van der Waals surface area contributed by atoms with E-state index >= 15 is 0 Å². The number of ether oxygens (including phenoxy) is 5. The molecular weight excluding hydrogens is 903 g/mol. The van der Waals surface area contributed by atoms with Gasteiger partial charge in [0.05, 0.1) is 41.6 Å². The summed E-state index contributed by atoms with van der Waals surface area (Å²) < 4.78 is 31.5. The van der Waals surface area contributed by atoms with E-state index < -0.39 is 41.6 Å². The topological polar surface area (TPSA) is 247 Å². The maximum Gasteiger partial charge on any atom is 0.340 e. The number of hydrogen-bond donors (Lipinski definition) is 3. The van der Waals surface area contributed by atoms with Crippen molar-refractivity contribution in [3.05, 3.63) is 131 Å². The van der Waals surface area contributed by atoms with Crippen LogP contribution in [0.25, 0.3) is 22.3 Å². The monoisotopic (exact) mass is 952 g/mol. The Morgan fingerprint density at radius 1 is 0.687 bits per heavy atom. The first-order chi connectivity index (χ1) is 32.1. The second-order valence-electron chi connectivity index (χ2n) is 16.2. The van der Waals surface area contributed by atoms with Crippen LogP contribution in [0.3, 0.4) is 0 Å². The van der Waals surface area contributed by atoms with Gasteiger partial charge in [0.1, 0.15) is 11.0 Å². The fraction of sp³-hybridized carbons (Fsp3) is 0.340. The van der Waals surface area contributed by atoms with Crippen LogP contribution in [-0.4, -0.2) is 87.1 Å². The molecule has 8 atom stereocenters. The Morgan fingerprint density at radius 2 is 1.18 bits per heavy atom. The molecule has 6 heterocycles. The van der Waals surface area contributed by atoms with Crippen LogP contribution >= 0.6 is 23.2 Å². The van der Waals surface area contributed by atoms with Crippen molar-refractivity contribution in [3.63, 3.8) is 0 Å². The van der Waals surface area contributed by atoms with Crippen molar-refractivity contribution in [3.8, 4) is 0 Å². The second-order valence-corrected chi connectivity index (χ2v) is 17.0. The van der Waals surface area contributed by atoms with E-state index in [-0.39, 0.29) is 41.1 Å². The van der Waals surface area contributed by atoms with E-state index in [0.717, 1.165) is 12.8 Å². The number of halogens is 2. The number of nitrogens with two attached hydrogens (primary N) is 2. The summed E-state index contributed by atoms with van der Waals surface area (Å²) in [6, 6.07) is 26.3. The lowest BCUT2D eigenvalue weighted by molar-refractivity contribution is -0.169. The van der Waals surface area contributed by atoms with E-state index in [1.807, 2.05) is 52.8 Å². The van der Waals surface area contributed by atoms with E-state index in [2.05, 4.69) is 34.9 Å². The van der Waals surface area contributed by atoms with Gasteiger partial charge in [-0.25, -0.2) is 24.4 Å². The summed E-state index contributed by atoms with van der Waals surface area (Å²) in [7, 11) is 0. The molecule has 7 aromatic rings. The maximum atomic E-state index is 12.9. The smallest absolute Gasteiger partial charge is 0.340 e. The summed E-state index contributed by atoms with van der Waals surface area (Å²) >= 11 is 11.9. The van der Waals surface area contributed by atoms with Gasteiger partial charge >= 0.3 is 17.9 Å². The lowest BCUT2D eigenvalue weighted by Crippen LogP contribution is -2.46. The largest absolute Gasteiger partial charge is 0.451 e. The highest BCUT2D eigenvalue weighted by Crippen LogP contribution is 2.47. The Bertz CT molecular complexity index is 2840. The molecule has 0 spiro atoms. The zero-order chi connectivity index (χ0) is 48.0. The molecule has 2 aliphatic rings. The van der Waals surface area contributed by atoms with Crippen LogP contribution in [-0.2, 0) is 23.7 Å². The molecule has 67 heavy (non-hydrogen) atoms. The van der Waals surface area contributed by atoms with Crippen LogP contribution in [0.4, 0.5) is 11.9 Å². The van der Waals surface area contributed by atoms with Gasteiger partial charge in [0.2, 0.25) is 18.2 Å². The van der Waals surface area contributed by atoms with Crippen LogP contribution in [0.15, 0.2) is 104 Å². The van der Waals surface area contributed by atoms with Crippen molar-refractivity contribution in [2.45, 2.75) is 90.3 Å². The first-order valence-corrected chi connectivity index (χ1v) is 22.2. The summed E-state index contributed by atoms with van der Waals surface area (Å²) in [5.41, 5.74) is 12.3. The molecule has 4 aromatic heterocycles. The number of nitrogens with one attached hydrogen (secondary N) is 1. The molecule has 0 aliphatic carbocycles. The Hall–Kier alpha value is -6.73. The van der Waals surface area contributed by atoms with Gasteiger partial charge in [-0.3, -0.25) is 4.57 Å². The number of fused-ring (bicyclic) bond motifs is 2. The molecule has 0 unspecified atom stereocenters. The molecule has 18 nitrogen and oxygen atoms in total. The third-order valence-electron chi connectivity index (χ3n) is 12.1. The van der Waals surface area contributed by atoms with Crippen LogP contribution in [0.2, 0.25) is 10.3 Å². The molecule has 0 amide bonds. The van der Waals surface area contributed by atoms with Crippen molar-refractivity contribution in [2.24, 2.45) is 11.8 Å². The minimum absolute atomic E-state index is 0.0327. The Morgan fingerprint density at radius 3 is 1.75 bits per heavy atom. The lowest BCUT2D eigenvalue weighted by atomic mass is 9.86. The number of esters is 3. The SMILES string of the molecule is CC[C@H]1O[C@@H](OC(=O)c2ccccc2)[C@](C)(OC(=O)c2ccccc2)[C@@H]1C.CC[C@H]1O[C@@H](n2cnc3c(Cl)nc(N)nc32)[C@](C)(OC(=O)c2ccccc2)[C@@H]1C.Nc1nc(Cl)c2[nH]cnc2n1. The average molecular weight is 954 g/mol. The number of benzene rings is 3. The van der Waals surface area contributed by atoms with Gasteiger partial charge in [-0.2, -0.15) is 19.9 Å². The van der Waals surface area contributed by atoms with Crippen molar-refractivity contribution in [1.29, 1.82) is 0 Å². The summed E-state index contributed by atoms with van der Waals surface area (Å²) in [6.07, 6.45) is 2.63. The normalized spacial score (nSPS) is 24.2. The zero-order valence-electron chi connectivity index (χ0n) is 37.5. The zero-order valence-corrected chi connectivity index (χ0v) is 39.0. The number of carbonyl (C=O) groups is 3. The number of imidazole rings is 2. The van der Waals surface area contributed by atoms with Gasteiger partial charge in [0, 0.05) is 11.8 Å². The molecule has 0 radical (unpaired) electrons. The summed E-state index contributed by atoms with van der Waals surface area (Å²) in [4.78, 5) is 64.8. The fourth-order valence-electron chi connectivity index (χ4n) is 7.97. The van der Waals surface area contributed by atoms with Crippen LogP contribution in [0, 0.1) is 11.8 Å². The predicted octanol–water partition coefficient (Wildman–Crippen LogP) is 8.44. The highest BCUT2D eigenvalue weighted by molar-refractivity contribution is 6.34. The number of nitrogens with zero attached hydrogens (tertiary/aromatic N) is 7. The van der Waals surface area contributed by atoms with Gasteiger partial charge in [-0.1, -0.05) is 105 Å². The van der Waals surface area contributed by atoms with Gasteiger partial charge in [-0.15, -0.1) is 0 Å². The Kier molecular flexibility index (Phi) is 14.7. The van der Waals surface area contributed by atoms with Crippen molar-refractivity contribution < 1.29 is 38.1 Å². The van der Waals surface area contributed by atoms with Crippen molar-refractivity contribution in [1.82, 2.24) is 39.5 Å². The number of nitrogen functional groups attached to an aromatic ring is 2. The van der Waals surface area contributed by atoms with Gasteiger partial charge in [0.25, 0.3) is 0 Å². The lowest BCUT2D eigenvalue weighted by Gasteiger charge is -2.33. The number of anilines is 2. The van der Waals surface area contributed by atoms with Crippen molar-refractivity contribution in [2.75, 3.05) is 11.5 Å². The fourth-order valence-corrected chi connectivity index (χ4v) is 8.41. The molecule has 20 heteroatoms. The molecule has 9 rings (SSSR count). The highest BCUT2D eigenvalue weighted by Gasteiger charge is 2.57. The molecule has 2 aliphatic heterocycles. The highest BCUT2D eigenvalue weighted by atomic mass is 35.5. The van der Waals surface area contributed by atoms with Crippen LogP contribution in [0.1, 0.15) is 91.7 Å². The molecule has 5 N–H and O–H groups in total. The number of carbonyl (C=O) groups excluding carboxylic acids is 3. The maximum absolute atomic E-state index is 12.9. The molecule has 2 fully saturated rings. The third kappa shape index (κ3) is 10.2. The number of hydrogen-bond acceptors (Lipinski definition) is 16. The number of H-pyrrole nitrogens is 1. The van der Waals surface area contributed by atoms with Gasteiger partial charge < -0.3 is 40.1 Å². The number of aromatic amines is 1. The first-order valence-electron chi connectivity index (χ1n) is 21.5. The van der Waals surface area contributed by atoms with Gasteiger partial charge in [-0.05, 0) is 63.1 Å². The number of aromatic nitrogens is 8. The Balaban J connectivity index is 0.000000163. The minimum Gasteiger partial charge on any atom is -0.451 e. The van der Waals surface area contributed by atoms with E-state index in [0.29, 0.717) is 44.2 Å². The molecule has 350 valence electrons. The summed E-state index contributed by atoms with van der Waals surface area (Å²) in [6.45, 7) is 11.6. The van der Waals surface area contributed by atoms with Crippen LogP contribution < -0.4 is 11.5 Å². The summed E-state index contributed by atoms with van der Waals surface area (Å²) in [5.74, 6) is -1.43. The van der Waals surface area contributed by atoms with E-state index in [4.69, 9.17) is 58.4 Å². The minimum atomic E-state index is -1.09. The molecule has 3 aromatic carbocycles. The third-order valence-corrected chi connectivity index (χ3v) is 12.6. The van der Waals surface area contributed by atoms with E-state index in [1.54, 1.807) is 90.6 Å². The predicted molar refractivity (Wildman–Crippen MR) is 250 cm³/mol. The van der Waals surface area contributed by atoms with Gasteiger partial charge in [0.15, 0.2) is 39.0 Å². The quantitative estimate of drug-likeness (QED) is 0.0698. The summed E-state index contributed by atoms with van der Waals surface area (Å²) in [5, 5.41) is 0.456. The Labute approximate surface area is 395 Å². The molecule has 2 saturated heterocycles. The number of rotatable bonds is 9. The van der Waals surface area contributed by atoms with E-state index in [1.165, 1.54) is 6.33 Å². The first kappa shape index (κ1) is 48.2. The van der Waals surface area contributed by atoms with Crippen LogP contribution in [0.5, 0.6) is 0 Å². The average Bonchev–Trinajstić information content (AvgIpc) is 4.09. The second kappa shape index (κ2) is 20.4. The molecule has 0 saturated carbocycles. The van der Waals surface area contributed by atoms with E-state index in [9.17, 15) is 14.4 Å². The van der Waals surface area contributed by atoms with Crippen molar-refractivity contribution >= 4 is 75.3 Å². The standard InChI is InChI=1S/C22H24O5.C20H22ClN5O3.C5H4ClN5/c1-4-18-15(2)22(3,27-20(24)17-13-9-6-10-14-17)21(25-18)26-19(23)16-11-7-5-8-12-16;1-4-13-11(2)20(3,29-17(27)12-8-6-5-7-9-12)18(28-13)26-10-23-14-15(21)24-19(22)25-16(14)26;6-3-2-4(9-1-8-2)11-5(7)10-3/h5-15,18,21H,4H2,1-3H3;5-11,13,18H,4H2,1-3H3,(H2,22,24,25);1H,(H3,7,8,9,10,11)/t15-,18-,21+,22-;11-,13-,18-,20-;/m11./s1.